The summed E-state index contributed by atoms with van der Waals surface area (Å²) in [5.41, 5.74) is 1.17. The smallest absolute Gasteiger partial charge is 0.341 e. The lowest BCUT2D eigenvalue weighted by molar-refractivity contribution is -0.139. The third kappa shape index (κ3) is 3.90. The van der Waals surface area contributed by atoms with E-state index >= 15 is 0 Å². The van der Waals surface area contributed by atoms with Gasteiger partial charge in [-0.25, -0.2) is 18.0 Å². The van der Waals surface area contributed by atoms with Gasteiger partial charge >= 0.3 is 11.9 Å². The Labute approximate surface area is 166 Å². The second-order valence-electron chi connectivity index (χ2n) is 6.10. The number of carboxylic acids is 2. The van der Waals surface area contributed by atoms with Gasteiger partial charge in [-0.3, -0.25) is 4.31 Å². The summed E-state index contributed by atoms with van der Waals surface area (Å²) in [4.78, 5) is 21.7. The number of aromatic carboxylic acids is 1. The molecule has 0 spiro atoms. The second kappa shape index (κ2) is 7.69. The van der Waals surface area contributed by atoms with E-state index in [0.29, 0.717) is 24.1 Å². The second-order valence-corrected chi connectivity index (χ2v) is 8.37. The van der Waals surface area contributed by atoms with Crippen molar-refractivity contribution in [1.82, 2.24) is 0 Å². The Morgan fingerprint density at radius 2 is 1.89 bits per heavy atom. The Balaban J connectivity index is 1.95. The van der Waals surface area contributed by atoms with Crippen molar-refractivity contribution in [3.63, 3.8) is 0 Å². The summed E-state index contributed by atoms with van der Waals surface area (Å²) in [6.07, 6.45) is 1.12. The Bertz CT molecular complexity index is 1050. The van der Waals surface area contributed by atoms with Crippen LogP contribution in [0.2, 0.25) is 5.02 Å². The molecule has 1 aliphatic rings. The Morgan fingerprint density at radius 3 is 2.54 bits per heavy atom. The molecule has 0 radical (unpaired) electrons. The molecule has 2 aromatic rings. The van der Waals surface area contributed by atoms with Crippen LogP contribution in [0.4, 0.5) is 5.69 Å². The van der Waals surface area contributed by atoms with Crippen LogP contribution in [0.25, 0.3) is 0 Å². The van der Waals surface area contributed by atoms with Gasteiger partial charge in [0.05, 0.1) is 21.2 Å². The minimum absolute atomic E-state index is 0.0271. The highest BCUT2D eigenvalue weighted by molar-refractivity contribution is 7.92. The van der Waals surface area contributed by atoms with E-state index in [1.165, 1.54) is 40.7 Å². The van der Waals surface area contributed by atoms with Gasteiger partial charge in [0.1, 0.15) is 5.75 Å². The minimum Gasteiger partial charge on any atom is -0.480 e. The van der Waals surface area contributed by atoms with Gasteiger partial charge in [-0.15, -0.1) is 0 Å². The number of nitrogens with zero attached hydrogens (tertiary/aromatic N) is 1. The summed E-state index contributed by atoms with van der Waals surface area (Å²) in [7, 11) is -3.95. The SMILES string of the molecule is O=C(O)COc1ccc(S(=O)(=O)N2CCCc3cc(C(=O)O)ccc32)cc1Cl. The number of sulfonamides is 1. The molecule has 0 amide bonds. The quantitative estimate of drug-likeness (QED) is 0.729. The van der Waals surface area contributed by atoms with Crippen LogP contribution in [-0.2, 0) is 21.2 Å². The number of anilines is 1. The van der Waals surface area contributed by atoms with E-state index in [-0.39, 0.29) is 27.8 Å². The Hall–Kier alpha value is -2.78. The van der Waals surface area contributed by atoms with Gasteiger partial charge in [0.2, 0.25) is 0 Å². The first kappa shape index (κ1) is 20.0. The van der Waals surface area contributed by atoms with Gasteiger partial charge < -0.3 is 14.9 Å². The zero-order valence-electron chi connectivity index (χ0n) is 14.5. The van der Waals surface area contributed by atoms with Crippen LogP contribution in [-0.4, -0.2) is 43.7 Å². The van der Waals surface area contributed by atoms with Crippen molar-refractivity contribution in [2.24, 2.45) is 0 Å². The van der Waals surface area contributed by atoms with Crippen molar-refractivity contribution in [1.29, 1.82) is 0 Å². The topological polar surface area (TPSA) is 121 Å². The van der Waals surface area contributed by atoms with Crippen molar-refractivity contribution >= 4 is 39.3 Å². The number of hydrogen-bond donors (Lipinski definition) is 2. The van der Waals surface area contributed by atoms with E-state index in [0.717, 1.165) is 0 Å². The third-order valence-corrected chi connectivity index (χ3v) is 6.35. The van der Waals surface area contributed by atoms with Crippen LogP contribution in [0, 0.1) is 0 Å². The molecule has 1 heterocycles. The summed E-state index contributed by atoms with van der Waals surface area (Å²) in [5.74, 6) is -2.20. The van der Waals surface area contributed by atoms with E-state index in [1.54, 1.807) is 0 Å². The van der Waals surface area contributed by atoms with Crippen molar-refractivity contribution in [2.75, 3.05) is 17.5 Å². The minimum atomic E-state index is -3.95. The number of benzene rings is 2. The van der Waals surface area contributed by atoms with Crippen molar-refractivity contribution < 1.29 is 33.0 Å². The average Bonchev–Trinajstić information content (AvgIpc) is 2.65. The van der Waals surface area contributed by atoms with Crippen molar-refractivity contribution in [3.05, 3.63) is 52.5 Å². The number of hydrogen-bond acceptors (Lipinski definition) is 5. The molecule has 1 aliphatic heterocycles. The van der Waals surface area contributed by atoms with Gasteiger partial charge in [-0.05, 0) is 54.8 Å². The molecule has 0 aromatic heterocycles. The third-order valence-electron chi connectivity index (χ3n) is 4.24. The fraction of sp³-hybridized carbons (Fsp3) is 0.222. The summed E-state index contributed by atoms with van der Waals surface area (Å²) in [6, 6.07) is 8.13. The van der Waals surface area contributed by atoms with E-state index in [2.05, 4.69) is 0 Å². The number of aliphatic carboxylic acids is 1. The first-order valence-corrected chi connectivity index (χ1v) is 10.0. The zero-order valence-corrected chi connectivity index (χ0v) is 16.0. The molecule has 0 fully saturated rings. The van der Waals surface area contributed by atoms with Crippen LogP contribution in [0.15, 0.2) is 41.3 Å². The fourth-order valence-electron chi connectivity index (χ4n) is 2.97. The molecule has 28 heavy (non-hydrogen) atoms. The predicted molar refractivity (Wildman–Crippen MR) is 101 cm³/mol. The molecule has 148 valence electrons. The molecular formula is C18H16ClNO7S. The van der Waals surface area contributed by atoms with Gasteiger partial charge in [0.15, 0.2) is 6.61 Å². The number of halogens is 1. The number of rotatable bonds is 6. The summed E-state index contributed by atoms with van der Waals surface area (Å²) in [5, 5.41) is 17.8. The van der Waals surface area contributed by atoms with E-state index in [1.807, 2.05) is 0 Å². The van der Waals surface area contributed by atoms with E-state index in [9.17, 15) is 18.0 Å². The Kier molecular flexibility index (Phi) is 5.48. The van der Waals surface area contributed by atoms with E-state index in [4.69, 9.17) is 26.6 Å². The number of fused-ring (bicyclic) bond motifs is 1. The molecule has 3 rings (SSSR count). The highest BCUT2D eigenvalue weighted by Gasteiger charge is 2.30. The highest BCUT2D eigenvalue weighted by atomic mass is 35.5. The fourth-order valence-corrected chi connectivity index (χ4v) is 4.84. The number of carboxylic acid groups (broad SMARTS) is 2. The lowest BCUT2D eigenvalue weighted by atomic mass is 10.0. The maximum Gasteiger partial charge on any atom is 0.341 e. The molecule has 8 nitrogen and oxygen atoms in total. The van der Waals surface area contributed by atoms with Crippen molar-refractivity contribution in [3.8, 4) is 5.75 Å². The van der Waals surface area contributed by atoms with Gasteiger partial charge in [-0.1, -0.05) is 11.6 Å². The average molecular weight is 426 g/mol. The van der Waals surface area contributed by atoms with Crippen LogP contribution in [0.3, 0.4) is 0 Å². The molecule has 2 aromatic carbocycles. The van der Waals surface area contributed by atoms with Crippen molar-refractivity contribution in [2.45, 2.75) is 17.7 Å². The van der Waals surface area contributed by atoms with Crippen LogP contribution in [0.1, 0.15) is 22.3 Å². The number of carbonyl (C=O) groups is 2. The predicted octanol–water partition coefficient (Wildman–Crippen LogP) is 2.64. The van der Waals surface area contributed by atoms with Gasteiger partial charge in [0, 0.05) is 6.54 Å². The number of aryl methyl sites for hydroxylation is 1. The molecule has 0 aliphatic carbocycles. The molecule has 0 unspecified atom stereocenters. The van der Waals surface area contributed by atoms with Gasteiger partial charge in [0.25, 0.3) is 10.0 Å². The van der Waals surface area contributed by atoms with Crippen LogP contribution >= 0.6 is 11.6 Å². The molecule has 0 bridgehead atoms. The lowest BCUT2D eigenvalue weighted by Gasteiger charge is -2.30. The molecule has 10 heteroatoms. The normalized spacial score (nSPS) is 13.7. The maximum absolute atomic E-state index is 13.1. The molecule has 0 saturated heterocycles. The first-order valence-electron chi connectivity index (χ1n) is 8.23. The van der Waals surface area contributed by atoms with Crippen LogP contribution < -0.4 is 9.04 Å². The van der Waals surface area contributed by atoms with Crippen LogP contribution in [0.5, 0.6) is 5.75 Å². The molecule has 0 saturated carbocycles. The summed E-state index contributed by atoms with van der Waals surface area (Å²) >= 11 is 6.05. The number of ether oxygens (including phenoxy) is 1. The molecular weight excluding hydrogens is 410 g/mol. The summed E-state index contributed by atoms with van der Waals surface area (Å²) < 4.78 is 32.5. The lowest BCUT2D eigenvalue weighted by Crippen LogP contribution is -2.35. The Morgan fingerprint density at radius 1 is 1.14 bits per heavy atom. The zero-order chi connectivity index (χ0) is 20.5. The molecule has 2 N–H and O–H groups in total. The monoisotopic (exact) mass is 425 g/mol. The first-order chi connectivity index (χ1) is 13.2. The largest absolute Gasteiger partial charge is 0.480 e. The molecule has 0 atom stereocenters. The highest BCUT2D eigenvalue weighted by Crippen LogP contribution is 2.35. The standard InChI is InChI=1S/C18H16ClNO7S/c19-14-9-13(4-6-16(14)27-10-17(21)22)28(25,26)20-7-1-2-11-8-12(18(23)24)3-5-15(11)20/h3-6,8-9H,1-2,7,10H2,(H,21,22)(H,23,24). The summed E-state index contributed by atoms with van der Waals surface area (Å²) in [6.45, 7) is -0.353. The van der Waals surface area contributed by atoms with E-state index < -0.39 is 28.6 Å². The van der Waals surface area contributed by atoms with Gasteiger partial charge in [-0.2, -0.15) is 0 Å². The maximum atomic E-state index is 13.1.